The summed E-state index contributed by atoms with van der Waals surface area (Å²) in [6, 6.07) is 83.7. The minimum atomic E-state index is 1.11. The Hall–Kier alpha value is -7.68. The van der Waals surface area contributed by atoms with Crippen molar-refractivity contribution in [3.63, 3.8) is 0 Å². The number of fused-ring (bicyclic) bond motifs is 5. The molecule has 0 spiro atoms. The molecule has 0 radical (unpaired) electrons. The van der Waals surface area contributed by atoms with Gasteiger partial charge >= 0.3 is 0 Å². The third kappa shape index (κ3) is 5.91. The van der Waals surface area contributed by atoms with Gasteiger partial charge in [-0.2, -0.15) is 0 Å². The van der Waals surface area contributed by atoms with Crippen molar-refractivity contribution in [1.82, 2.24) is 4.57 Å². The zero-order chi connectivity index (χ0) is 38.4. The summed E-state index contributed by atoms with van der Waals surface area (Å²) in [7, 11) is 0. The summed E-state index contributed by atoms with van der Waals surface area (Å²) in [5, 5.41) is 7.37. The molecule has 0 amide bonds. The van der Waals surface area contributed by atoms with Crippen molar-refractivity contribution in [3.8, 4) is 39.1 Å². The number of nitrogens with zero attached hydrogens (tertiary/aromatic N) is 2. The third-order valence-corrected chi connectivity index (χ3v) is 11.5. The fraction of sp³-hybridized carbons (Fsp3) is 0. The van der Waals surface area contributed by atoms with E-state index in [0.29, 0.717) is 0 Å². The molecule has 0 saturated heterocycles. The second kappa shape index (κ2) is 14.1. The van der Waals surface area contributed by atoms with E-state index in [2.05, 4.69) is 240 Å². The number of rotatable bonds is 7. The molecule has 11 aromatic rings. The number of hydrogen-bond acceptors (Lipinski definition) is 1. The number of anilines is 3. The van der Waals surface area contributed by atoms with Gasteiger partial charge in [-0.15, -0.1) is 0 Å². The maximum absolute atomic E-state index is 2.43. The van der Waals surface area contributed by atoms with E-state index in [1.165, 1.54) is 76.7 Å². The largest absolute Gasteiger partial charge is 0.310 e. The fourth-order valence-corrected chi connectivity index (χ4v) is 8.69. The van der Waals surface area contributed by atoms with Crippen LogP contribution >= 0.6 is 0 Å². The first-order chi connectivity index (χ1) is 28.7. The lowest BCUT2D eigenvalue weighted by molar-refractivity contribution is 1.18. The first-order valence-corrected chi connectivity index (χ1v) is 19.9. The van der Waals surface area contributed by atoms with Gasteiger partial charge in [-0.1, -0.05) is 164 Å². The summed E-state index contributed by atoms with van der Waals surface area (Å²) in [6.45, 7) is 0. The molecule has 0 aliphatic heterocycles. The Kier molecular flexibility index (Phi) is 8.19. The minimum Gasteiger partial charge on any atom is -0.310 e. The molecule has 0 fully saturated rings. The van der Waals surface area contributed by atoms with Gasteiger partial charge in [-0.3, -0.25) is 0 Å². The maximum atomic E-state index is 2.43. The summed E-state index contributed by atoms with van der Waals surface area (Å²) < 4.78 is 2.38. The van der Waals surface area contributed by atoms with Crippen LogP contribution in [-0.2, 0) is 0 Å². The van der Waals surface area contributed by atoms with Crippen LogP contribution < -0.4 is 4.90 Å². The highest BCUT2D eigenvalue weighted by molar-refractivity contribution is 6.11. The van der Waals surface area contributed by atoms with Crippen LogP contribution in [-0.4, -0.2) is 4.57 Å². The van der Waals surface area contributed by atoms with Crippen LogP contribution in [0.2, 0.25) is 0 Å². The van der Waals surface area contributed by atoms with Crippen LogP contribution in [0.5, 0.6) is 0 Å². The van der Waals surface area contributed by atoms with Crippen molar-refractivity contribution >= 4 is 60.4 Å². The molecule has 10 aromatic carbocycles. The van der Waals surface area contributed by atoms with E-state index < -0.39 is 0 Å². The van der Waals surface area contributed by atoms with Gasteiger partial charge in [0.2, 0.25) is 0 Å². The van der Waals surface area contributed by atoms with Gasteiger partial charge in [-0.25, -0.2) is 0 Å². The summed E-state index contributed by atoms with van der Waals surface area (Å²) in [4.78, 5) is 2.43. The van der Waals surface area contributed by atoms with Crippen molar-refractivity contribution in [2.45, 2.75) is 0 Å². The highest BCUT2D eigenvalue weighted by atomic mass is 15.1. The Bertz CT molecular complexity index is 3270. The maximum Gasteiger partial charge on any atom is 0.0542 e. The Morgan fingerprint density at radius 3 is 1.59 bits per heavy atom. The quantitative estimate of drug-likeness (QED) is 0.158. The molecule has 0 aliphatic carbocycles. The second-order valence-electron chi connectivity index (χ2n) is 15.0. The number of hydrogen-bond donors (Lipinski definition) is 0. The van der Waals surface area contributed by atoms with Crippen LogP contribution in [0.1, 0.15) is 0 Å². The highest BCUT2D eigenvalue weighted by Crippen LogP contribution is 2.44. The second-order valence-corrected chi connectivity index (χ2v) is 15.0. The summed E-state index contributed by atoms with van der Waals surface area (Å²) in [5.41, 5.74) is 14.1. The van der Waals surface area contributed by atoms with Crippen LogP contribution in [0.25, 0.3) is 82.4 Å². The molecule has 2 nitrogen and oxygen atoms in total. The summed E-state index contributed by atoms with van der Waals surface area (Å²) in [5.74, 6) is 0. The Labute approximate surface area is 338 Å². The standard InChI is InChI=1S/C56H38N2/c1-3-14-42(15-4-1)51-19-9-11-21-54(51)57(50-33-34-56-53(38-50)52-20-10-12-22-55(52)58(56)48-17-5-2-6-18-48)49-32-31-46-36-45(29-30-47(46)37-49)41-25-23-40(24-26-41)44-28-27-39-13-7-8-16-43(39)35-44/h1-38H. The number of para-hydroxylation sites is 3. The van der Waals surface area contributed by atoms with Crippen molar-refractivity contribution in [1.29, 1.82) is 0 Å². The average Bonchev–Trinajstić information content (AvgIpc) is 3.63. The van der Waals surface area contributed by atoms with Crippen LogP contribution in [0, 0.1) is 0 Å². The zero-order valence-corrected chi connectivity index (χ0v) is 31.8. The average molecular weight is 739 g/mol. The van der Waals surface area contributed by atoms with Crippen molar-refractivity contribution in [3.05, 3.63) is 231 Å². The van der Waals surface area contributed by atoms with E-state index in [0.717, 1.165) is 22.7 Å². The van der Waals surface area contributed by atoms with E-state index >= 15 is 0 Å². The van der Waals surface area contributed by atoms with E-state index in [4.69, 9.17) is 0 Å². The molecule has 272 valence electrons. The molecule has 1 heterocycles. The van der Waals surface area contributed by atoms with Gasteiger partial charge in [-0.05, 0) is 116 Å². The number of benzene rings is 10. The predicted molar refractivity (Wildman–Crippen MR) is 247 cm³/mol. The van der Waals surface area contributed by atoms with Crippen molar-refractivity contribution in [2.24, 2.45) is 0 Å². The van der Waals surface area contributed by atoms with Gasteiger partial charge in [0.05, 0.1) is 16.7 Å². The molecule has 0 unspecified atom stereocenters. The van der Waals surface area contributed by atoms with Gasteiger partial charge in [0.15, 0.2) is 0 Å². The molecule has 2 heteroatoms. The molecule has 0 atom stereocenters. The molecule has 11 rings (SSSR count). The van der Waals surface area contributed by atoms with E-state index in [1.807, 2.05) is 0 Å². The molecule has 1 aromatic heterocycles. The summed E-state index contributed by atoms with van der Waals surface area (Å²) >= 11 is 0. The molecular formula is C56H38N2. The van der Waals surface area contributed by atoms with E-state index in [1.54, 1.807) is 0 Å². The topological polar surface area (TPSA) is 8.17 Å². The van der Waals surface area contributed by atoms with Crippen LogP contribution in [0.15, 0.2) is 231 Å². The van der Waals surface area contributed by atoms with Gasteiger partial charge in [0.1, 0.15) is 0 Å². The lowest BCUT2D eigenvalue weighted by atomic mass is 9.97. The SMILES string of the molecule is c1ccc(-c2ccccc2N(c2ccc3cc(-c4ccc(-c5ccc6ccccc6c5)cc4)ccc3c2)c2ccc3c(c2)c2ccccc2n3-c2ccccc2)cc1. The van der Waals surface area contributed by atoms with E-state index in [-0.39, 0.29) is 0 Å². The summed E-state index contributed by atoms with van der Waals surface area (Å²) in [6.07, 6.45) is 0. The Balaban J connectivity index is 1.02. The van der Waals surface area contributed by atoms with Crippen molar-refractivity contribution < 1.29 is 0 Å². The lowest BCUT2D eigenvalue weighted by Crippen LogP contribution is -2.11. The van der Waals surface area contributed by atoms with Crippen LogP contribution in [0.4, 0.5) is 17.1 Å². The number of aromatic nitrogens is 1. The van der Waals surface area contributed by atoms with Crippen molar-refractivity contribution in [2.75, 3.05) is 4.90 Å². The third-order valence-electron chi connectivity index (χ3n) is 11.5. The van der Waals surface area contributed by atoms with Gasteiger partial charge in [0.25, 0.3) is 0 Å². The van der Waals surface area contributed by atoms with E-state index in [9.17, 15) is 0 Å². The molecule has 58 heavy (non-hydrogen) atoms. The predicted octanol–water partition coefficient (Wildman–Crippen LogP) is 15.6. The minimum absolute atomic E-state index is 1.11. The van der Waals surface area contributed by atoms with Gasteiger partial charge in [0, 0.05) is 33.4 Å². The fourth-order valence-electron chi connectivity index (χ4n) is 8.69. The first kappa shape index (κ1) is 33.6. The Morgan fingerprint density at radius 2 is 0.810 bits per heavy atom. The monoisotopic (exact) mass is 738 g/mol. The molecule has 0 N–H and O–H groups in total. The van der Waals surface area contributed by atoms with Gasteiger partial charge < -0.3 is 9.47 Å². The Morgan fingerprint density at radius 1 is 0.293 bits per heavy atom. The highest BCUT2D eigenvalue weighted by Gasteiger charge is 2.20. The molecule has 0 bridgehead atoms. The van der Waals surface area contributed by atoms with Crippen LogP contribution in [0.3, 0.4) is 0 Å². The normalized spacial score (nSPS) is 11.4. The molecule has 0 saturated carbocycles. The zero-order valence-electron chi connectivity index (χ0n) is 31.8. The molecular weight excluding hydrogens is 701 g/mol. The smallest absolute Gasteiger partial charge is 0.0542 e. The lowest BCUT2D eigenvalue weighted by Gasteiger charge is -2.28. The first-order valence-electron chi connectivity index (χ1n) is 19.9. The molecule has 0 aliphatic rings.